The predicted molar refractivity (Wildman–Crippen MR) is 73.5 cm³/mol. The second-order valence-electron chi connectivity index (χ2n) is 5.19. The van der Waals surface area contributed by atoms with E-state index < -0.39 is 5.82 Å². The number of phenols is 1. The lowest BCUT2D eigenvalue weighted by Crippen LogP contribution is -2.34. The number of benzene rings is 2. The summed E-state index contributed by atoms with van der Waals surface area (Å²) in [6, 6.07) is 12.8. The molecule has 0 amide bonds. The Balaban J connectivity index is 1.97. The summed E-state index contributed by atoms with van der Waals surface area (Å²) in [6.07, 6.45) is 1.98. The molecule has 2 nitrogen and oxygen atoms in total. The van der Waals surface area contributed by atoms with Gasteiger partial charge >= 0.3 is 0 Å². The quantitative estimate of drug-likeness (QED) is 0.866. The number of hydrogen-bond donors (Lipinski definition) is 2. The highest BCUT2D eigenvalue weighted by Crippen LogP contribution is 2.37. The summed E-state index contributed by atoms with van der Waals surface area (Å²) >= 11 is 0. The lowest BCUT2D eigenvalue weighted by Gasteiger charge is -2.33. The van der Waals surface area contributed by atoms with Gasteiger partial charge in [0.15, 0.2) is 11.6 Å². The summed E-state index contributed by atoms with van der Waals surface area (Å²) < 4.78 is 13.9. The van der Waals surface area contributed by atoms with Gasteiger partial charge in [-0.2, -0.15) is 0 Å². The van der Waals surface area contributed by atoms with Crippen molar-refractivity contribution in [3.05, 3.63) is 53.8 Å². The summed E-state index contributed by atoms with van der Waals surface area (Å²) in [4.78, 5) is 0. The molecule has 3 heteroatoms. The number of hydrogen-bond acceptors (Lipinski definition) is 2. The number of halogens is 1. The monoisotopic (exact) mass is 257 g/mol. The van der Waals surface area contributed by atoms with Gasteiger partial charge in [-0.15, -0.1) is 0 Å². The van der Waals surface area contributed by atoms with Gasteiger partial charge in [0, 0.05) is 11.6 Å². The minimum Gasteiger partial charge on any atom is -0.505 e. The van der Waals surface area contributed by atoms with E-state index in [1.807, 2.05) is 18.2 Å². The minimum atomic E-state index is -0.565. The highest BCUT2D eigenvalue weighted by molar-refractivity contribution is 5.66. The molecule has 0 aliphatic heterocycles. The van der Waals surface area contributed by atoms with Gasteiger partial charge in [0.2, 0.25) is 0 Å². The zero-order chi connectivity index (χ0) is 13.4. The van der Waals surface area contributed by atoms with E-state index in [1.165, 1.54) is 11.6 Å². The first kappa shape index (κ1) is 12.2. The van der Waals surface area contributed by atoms with Gasteiger partial charge in [-0.05, 0) is 36.0 Å². The van der Waals surface area contributed by atoms with Gasteiger partial charge < -0.3 is 10.8 Å². The van der Waals surface area contributed by atoms with Crippen LogP contribution >= 0.6 is 0 Å². The molecule has 0 unspecified atom stereocenters. The molecule has 3 N–H and O–H groups in total. The molecule has 0 saturated heterocycles. The average molecular weight is 257 g/mol. The third-order valence-corrected chi connectivity index (χ3v) is 3.82. The third kappa shape index (κ3) is 2.22. The van der Waals surface area contributed by atoms with Crippen molar-refractivity contribution in [2.75, 3.05) is 0 Å². The predicted octanol–water partition coefficient (Wildman–Crippen LogP) is 3.40. The van der Waals surface area contributed by atoms with E-state index in [0.29, 0.717) is 17.5 Å². The molecule has 3 rings (SSSR count). The average Bonchev–Trinajstić information content (AvgIpc) is 2.38. The zero-order valence-corrected chi connectivity index (χ0v) is 10.5. The van der Waals surface area contributed by atoms with Crippen LogP contribution in [-0.2, 0) is 0 Å². The fraction of sp³-hybridized carbons (Fsp3) is 0.250. The molecule has 98 valence electrons. The van der Waals surface area contributed by atoms with Crippen LogP contribution in [0.2, 0.25) is 0 Å². The maximum absolute atomic E-state index is 13.9. The fourth-order valence-corrected chi connectivity index (χ4v) is 2.64. The molecule has 0 spiro atoms. The summed E-state index contributed by atoms with van der Waals surface area (Å²) in [6.45, 7) is 0. The first-order chi connectivity index (χ1) is 9.15. The Morgan fingerprint density at radius 2 is 1.84 bits per heavy atom. The van der Waals surface area contributed by atoms with Gasteiger partial charge in [0.05, 0.1) is 0 Å². The topological polar surface area (TPSA) is 46.2 Å². The lowest BCUT2D eigenvalue weighted by molar-refractivity contribution is 0.351. The molecule has 19 heavy (non-hydrogen) atoms. The number of aromatic hydroxyl groups is 1. The zero-order valence-electron chi connectivity index (χ0n) is 10.5. The van der Waals surface area contributed by atoms with E-state index in [9.17, 15) is 9.50 Å². The van der Waals surface area contributed by atoms with E-state index >= 15 is 0 Å². The maximum atomic E-state index is 13.9. The van der Waals surface area contributed by atoms with Crippen molar-refractivity contribution in [1.29, 1.82) is 0 Å². The van der Waals surface area contributed by atoms with E-state index in [4.69, 9.17) is 5.73 Å². The summed E-state index contributed by atoms with van der Waals surface area (Å²) in [5, 5.41) is 9.44. The highest BCUT2D eigenvalue weighted by Gasteiger charge is 2.27. The van der Waals surface area contributed by atoms with Crippen LogP contribution in [-0.4, -0.2) is 11.1 Å². The van der Waals surface area contributed by atoms with Gasteiger partial charge in [-0.25, -0.2) is 4.39 Å². The Hall–Kier alpha value is -1.87. The number of phenolic OH excluding ortho intramolecular Hbond substituents is 1. The molecule has 0 bridgehead atoms. The molecule has 0 atom stereocenters. The Morgan fingerprint density at radius 1 is 1.11 bits per heavy atom. The molecule has 0 radical (unpaired) electrons. The Bertz CT molecular complexity index is 605. The van der Waals surface area contributed by atoms with Crippen molar-refractivity contribution in [2.24, 2.45) is 5.73 Å². The molecule has 0 aromatic heterocycles. The molecule has 0 heterocycles. The molecule has 2 aromatic rings. The smallest absolute Gasteiger partial charge is 0.172 e. The van der Waals surface area contributed by atoms with Crippen LogP contribution in [0.25, 0.3) is 11.1 Å². The largest absolute Gasteiger partial charge is 0.505 e. The van der Waals surface area contributed by atoms with Crippen LogP contribution in [0.1, 0.15) is 24.3 Å². The standard InChI is InChI=1S/C16H16FNO/c17-16-14(5-2-6-15(16)19)11-4-1-3-10(7-11)12-8-13(18)9-12/h1-7,12-13,19H,8-9,18H2. The third-order valence-electron chi connectivity index (χ3n) is 3.82. The molecule has 1 aliphatic carbocycles. The fourth-order valence-electron chi connectivity index (χ4n) is 2.64. The van der Waals surface area contributed by atoms with Crippen LogP contribution in [0.15, 0.2) is 42.5 Å². The van der Waals surface area contributed by atoms with E-state index in [-0.39, 0.29) is 5.75 Å². The molecule has 1 aliphatic rings. The van der Waals surface area contributed by atoms with E-state index in [2.05, 4.69) is 6.07 Å². The Kier molecular flexibility index (Phi) is 2.99. The molecule has 1 fully saturated rings. The van der Waals surface area contributed by atoms with Crippen LogP contribution in [0, 0.1) is 5.82 Å². The summed E-state index contributed by atoms with van der Waals surface area (Å²) in [7, 11) is 0. The molecule has 2 aromatic carbocycles. The van der Waals surface area contributed by atoms with Crippen LogP contribution in [0.3, 0.4) is 0 Å². The van der Waals surface area contributed by atoms with Crippen molar-refractivity contribution in [1.82, 2.24) is 0 Å². The van der Waals surface area contributed by atoms with E-state index in [1.54, 1.807) is 12.1 Å². The SMILES string of the molecule is NC1CC(c2cccc(-c3cccc(O)c3F)c2)C1. The van der Waals surface area contributed by atoms with Gasteiger partial charge in [0.1, 0.15) is 0 Å². The molecular weight excluding hydrogens is 241 g/mol. The first-order valence-corrected chi connectivity index (χ1v) is 6.48. The van der Waals surface area contributed by atoms with Gasteiger partial charge in [-0.3, -0.25) is 0 Å². The van der Waals surface area contributed by atoms with Crippen molar-refractivity contribution in [3.63, 3.8) is 0 Å². The minimum absolute atomic E-state index is 0.297. The van der Waals surface area contributed by atoms with Crippen molar-refractivity contribution >= 4 is 0 Å². The van der Waals surface area contributed by atoms with Gasteiger partial charge in [-0.1, -0.05) is 36.4 Å². The maximum Gasteiger partial charge on any atom is 0.172 e. The highest BCUT2D eigenvalue weighted by atomic mass is 19.1. The number of rotatable bonds is 2. The molecular formula is C16H16FNO. The van der Waals surface area contributed by atoms with Crippen LogP contribution in [0.4, 0.5) is 4.39 Å². The first-order valence-electron chi connectivity index (χ1n) is 6.48. The van der Waals surface area contributed by atoms with Crippen molar-refractivity contribution < 1.29 is 9.50 Å². The van der Waals surface area contributed by atoms with Gasteiger partial charge in [0.25, 0.3) is 0 Å². The van der Waals surface area contributed by atoms with Crippen LogP contribution in [0.5, 0.6) is 5.75 Å². The van der Waals surface area contributed by atoms with Crippen molar-refractivity contribution in [3.8, 4) is 16.9 Å². The summed E-state index contributed by atoms with van der Waals surface area (Å²) in [5.74, 6) is -0.395. The molecule has 1 saturated carbocycles. The Morgan fingerprint density at radius 3 is 2.58 bits per heavy atom. The lowest BCUT2D eigenvalue weighted by atomic mass is 9.76. The van der Waals surface area contributed by atoms with Crippen LogP contribution < -0.4 is 5.73 Å². The van der Waals surface area contributed by atoms with Crippen molar-refractivity contribution in [2.45, 2.75) is 24.8 Å². The summed E-state index contributed by atoms with van der Waals surface area (Å²) in [5.41, 5.74) is 8.24. The second-order valence-corrected chi connectivity index (χ2v) is 5.19. The van der Waals surface area contributed by atoms with E-state index in [0.717, 1.165) is 18.4 Å². The Labute approximate surface area is 111 Å². The second kappa shape index (κ2) is 4.67. The number of nitrogens with two attached hydrogens (primary N) is 1. The normalized spacial score (nSPS) is 22.0.